The van der Waals surface area contributed by atoms with Gasteiger partial charge in [-0.05, 0) is 32.3 Å². The van der Waals surface area contributed by atoms with Gasteiger partial charge >= 0.3 is 5.97 Å². The molecular formula is C15H23NO2. The van der Waals surface area contributed by atoms with Crippen LogP contribution in [0.1, 0.15) is 32.8 Å². The zero-order valence-electron chi connectivity index (χ0n) is 11.5. The third-order valence-electron chi connectivity index (χ3n) is 2.95. The zero-order valence-corrected chi connectivity index (χ0v) is 11.5. The molecule has 0 radical (unpaired) electrons. The topological polar surface area (TPSA) is 38.3 Å². The average molecular weight is 249 g/mol. The van der Waals surface area contributed by atoms with Crippen molar-refractivity contribution in [1.29, 1.82) is 0 Å². The Kier molecular flexibility index (Phi) is 6.44. The lowest BCUT2D eigenvalue weighted by Crippen LogP contribution is -2.44. The second-order valence-corrected chi connectivity index (χ2v) is 4.47. The molecule has 1 aromatic rings. The summed E-state index contributed by atoms with van der Waals surface area (Å²) in [6.07, 6.45) is 1.66. The number of hydrogen-bond donors (Lipinski definition) is 1. The Labute approximate surface area is 110 Å². The highest BCUT2D eigenvalue weighted by atomic mass is 16.5. The molecule has 0 saturated carbocycles. The molecule has 3 nitrogen and oxygen atoms in total. The minimum atomic E-state index is -0.262. The van der Waals surface area contributed by atoms with Crippen molar-refractivity contribution >= 4 is 5.97 Å². The highest BCUT2D eigenvalue weighted by Crippen LogP contribution is 2.06. The number of rotatable bonds is 7. The van der Waals surface area contributed by atoms with Gasteiger partial charge in [0, 0.05) is 6.04 Å². The number of carbonyl (C=O) groups is 1. The summed E-state index contributed by atoms with van der Waals surface area (Å²) < 4.78 is 5.12. The van der Waals surface area contributed by atoms with E-state index in [1.807, 2.05) is 37.3 Å². The van der Waals surface area contributed by atoms with Crippen molar-refractivity contribution < 1.29 is 9.53 Å². The van der Waals surface area contributed by atoms with Crippen LogP contribution in [0.4, 0.5) is 0 Å². The number of esters is 1. The summed E-state index contributed by atoms with van der Waals surface area (Å²) in [6.45, 7) is 6.44. The minimum Gasteiger partial charge on any atom is -0.465 e. The predicted octanol–water partition coefficient (Wildman–Crippen LogP) is 2.55. The van der Waals surface area contributed by atoms with E-state index >= 15 is 0 Å². The number of ether oxygens (including phenoxy) is 1. The molecule has 0 saturated heterocycles. The van der Waals surface area contributed by atoms with Gasteiger partial charge in [0.25, 0.3) is 0 Å². The van der Waals surface area contributed by atoms with E-state index < -0.39 is 0 Å². The Bertz CT molecular complexity index is 351. The van der Waals surface area contributed by atoms with E-state index in [1.54, 1.807) is 0 Å². The molecule has 18 heavy (non-hydrogen) atoms. The number of carbonyl (C=O) groups excluding carboxylic acids is 1. The van der Waals surface area contributed by atoms with Crippen LogP contribution in [0.5, 0.6) is 0 Å². The Balaban J connectivity index is 2.68. The maximum Gasteiger partial charge on any atom is 0.323 e. The summed E-state index contributed by atoms with van der Waals surface area (Å²) in [7, 11) is 0. The van der Waals surface area contributed by atoms with Gasteiger partial charge in [-0.3, -0.25) is 4.79 Å². The first-order valence-electron chi connectivity index (χ1n) is 6.64. The molecular weight excluding hydrogens is 226 g/mol. The second-order valence-electron chi connectivity index (χ2n) is 4.47. The van der Waals surface area contributed by atoms with Crippen molar-refractivity contribution in [3.8, 4) is 0 Å². The van der Waals surface area contributed by atoms with Gasteiger partial charge in [-0.25, -0.2) is 0 Å². The summed E-state index contributed by atoms with van der Waals surface area (Å²) in [5, 5.41) is 3.33. The molecule has 0 heterocycles. The van der Waals surface area contributed by atoms with Crippen molar-refractivity contribution in [2.24, 2.45) is 0 Å². The maximum atomic E-state index is 11.9. The van der Waals surface area contributed by atoms with Crippen LogP contribution >= 0.6 is 0 Å². The number of hydrogen-bond acceptors (Lipinski definition) is 3. The Morgan fingerprint density at radius 1 is 1.28 bits per heavy atom. The van der Waals surface area contributed by atoms with Crippen LogP contribution < -0.4 is 5.32 Å². The monoisotopic (exact) mass is 249 g/mol. The van der Waals surface area contributed by atoms with Gasteiger partial charge in [-0.15, -0.1) is 0 Å². The van der Waals surface area contributed by atoms with Crippen molar-refractivity contribution in [2.45, 2.75) is 45.7 Å². The first-order valence-corrected chi connectivity index (χ1v) is 6.64. The molecule has 0 spiro atoms. The molecule has 0 fully saturated rings. The molecule has 0 aromatic heterocycles. The van der Waals surface area contributed by atoms with Gasteiger partial charge in [-0.1, -0.05) is 37.3 Å². The zero-order chi connectivity index (χ0) is 13.4. The first kappa shape index (κ1) is 14.7. The maximum absolute atomic E-state index is 11.9. The van der Waals surface area contributed by atoms with Crippen molar-refractivity contribution in [1.82, 2.24) is 5.32 Å². The van der Waals surface area contributed by atoms with Crippen LogP contribution in [0.2, 0.25) is 0 Å². The van der Waals surface area contributed by atoms with E-state index in [0.717, 1.165) is 12.0 Å². The van der Waals surface area contributed by atoms with Crippen LogP contribution in [-0.2, 0) is 16.0 Å². The smallest absolute Gasteiger partial charge is 0.323 e. The molecule has 2 atom stereocenters. The molecule has 0 aliphatic rings. The van der Waals surface area contributed by atoms with Gasteiger partial charge in [0.15, 0.2) is 0 Å². The fraction of sp³-hybridized carbons (Fsp3) is 0.533. The SMILES string of the molecule is CCOC(=O)C(Cc1ccccc1)NC(C)CC. The number of nitrogens with one attached hydrogen (secondary N) is 1. The summed E-state index contributed by atoms with van der Waals surface area (Å²) in [6, 6.07) is 10.1. The lowest BCUT2D eigenvalue weighted by Gasteiger charge is -2.21. The van der Waals surface area contributed by atoms with E-state index in [0.29, 0.717) is 19.1 Å². The van der Waals surface area contributed by atoms with Crippen LogP contribution in [-0.4, -0.2) is 24.7 Å². The van der Waals surface area contributed by atoms with E-state index in [-0.39, 0.29) is 12.0 Å². The fourth-order valence-corrected chi connectivity index (χ4v) is 1.76. The van der Waals surface area contributed by atoms with Crippen molar-refractivity contribution in [3.63, 3.8) is 0 Å². The van der Waals surface area contributed by atoms with E-state index in [2.05, 4.69) is 19.2 Å². The molecule has 0 bridgehead atoms. The summed E-state index contributed by atoms with van der Waals surface area (Å²) in [4.78, 5) is 11.9. The predicted molar refractivity (Wildman–Crippen MR) is 73.5 cm³/mol. The standard InChI is InChI=1S/C15H23NO2/c1-4-12(3)16-14(15(17)18-5-2)11-13-9-7-6-8-10-13/h6-10,12,14,16H,4-5,11H2,1-3H3. The second kappa shape index (κ2) is 7.88. The van der Waals surface area contributed by atoms with Gasteiger partial charge in [0.1, 0.15) is 6.04 Å². The Morgan fingerprint density at radius 2 is 1.94 bits per heavy atom. The quantitative estimate of drug-likeness (QED) is 0.755. The molecule has 1 aromatic carbocycles. The summed E-state index contributed by atoms with van der Waals surface area (Å²) in [5.74, 6) is -0.165. The van der Waals surface area contributed by atoms with Crippen LogP contribution in [0, 0.1) is 0 Å². The van der Waals surface area contributed by atoms with Gasteiger partial charge in [0.05, 0.1) is 6.61 Å². The van der Waals surface area contributed by atoms with Crippen molar-refractivity contribution in [2.75, 3.05) is 6.61 Å². The first-order chi connectivity index (χ1) is 8.67. The largest absolute Gasteiger partial charge is 0.465 e. The van der Waals surface area contributed by atoms with Crippen LogP contribution in [0.3, 0.4) is 0 Å². The average Bonchev–Trinajstić information content (AvgIpc) is 2.39. The van der Waals surface area contributed by atoms with E-state index in [9.17, 15) is 4.79 Å². The van der Waals surface area contributed by atoms with Crippen LogP contribution in [0.15, 0.2) is 30.3 Å². The third-order valence-corrected chi connectivity index (χ3v) is 2.95. The van der Waals surface area contributed by atoms with Crippen molar-refractivity contribution in [3.05, 3.63) is 35.9 Å². The highest BCUT2D eigenvalue weighted by Gasteiger charge is 2.21. The highest BCUT2D eigenvalue weighted by molar-refractivity contribution is 5.76. The van der Waals surface area contributed by atoms with E-state index in [4.69, 9.17) is 4.74 Å². The minimum absolute atomic E-state index is 0.165. The lowest BCUT2D eigenvalue weighted by molar-refractivity contribution is -0.145. The van der Waals surface area contributed by atoms with Crippen LogP contribution in [0.25, 0.3) is 0 Å². The van der Waals surface area contributed by atoms with Gasteiger partial charge in [0.2, 0.25) is 0 Å². The lowest BCUT2D eigenvalue weighted by atomic mass is 10.0. The molecule has 3 heteroatoms. The molecule has 0 amide bonds. The molecule has 1 rings (SSSR count). The molecule has 100 valence electrons. The third kappa shape index (κ3) is 4.88. The van der Waals surface area contributed by atoms with E-state index in [1.165, 1.54) is 0 Å². The normalized spacial score (nSPS) is 13.9. The Hall–Kier alpha value is -1.35. The summed E-state index contributed by atoms with van der Waals surface area (Å²) in [5.41, 5.74) is 1.14. The molecule has 0 aliphatic carbocycles. The summed E-state index contributed by atoms with van der Waals surface area (Å²) >= 11 is 0. The Morgan fingerprint density at radius 3 is 2.50 bits per heavy atom. The molecule has 2 unspecified atom stereocenters. The van der Waals surface area contributed by atoms with Gasteiger partial charge in [-0.2, -0.15) is 0 Å². The fourth-order valence-electron chi connectivity index (χ4n) is 1.76. The molecule has 1 N–H and O–H groups in total. The van der Waals surface area contributed by atoms with Gasteiger partial charge < -0.3 is 10.1 Å². The number of benzene rings is 1. The molecule has 0 aliphatic heterocycles.